The van der Waals surface area contributed by atoms with Crippen molar-refractivity contribution in [2.45, 2.75) is 26.7 Å². The molecule has 6 nitrogen and oxygen atoms in total. The number of methoxy groups -OCH3 is 1. The maximum absolute atomic E-state index is 13.1. The summed E-state index contributed by atoms with van der Waals surface area (Å²) in [6.07, 6.45) is 2.06. The maximum Gasteiger partial charge on any atom is 0.254 e. The highest BCUT2D eigenvalue weighted by Crippen LogP contribution is 2.30. The van der Waals surface area contributed by atoms with Crippen molar-refractivity contribution in [1.29, 1.82) is 0 Å². The first-order valence-corrected chi connectivity index (χ1v) is 10.7. The molecule has 30 heavy (non-hydrogen) atoms. The fourth-order valence-corrected chi connectivity index (χ4v) is 3.51. The molecule has 1 aliphatic rings. The van der Waals surface area contributed by atoms with Crippen molar-refractivity contribution in [3.63, 3.8) is 0 Å². The molecular weight excluding hydrogens is 380 g/mol. The molecule has 1 aliphatic heterocycles. The first-order valence-electron chi connectivity index (χ1n) is 10.7. The first-order chi connectivity index (χ1) is 14.7. The van der Waals surface area contributed by atoms with Crippen LogP contribution in [0.25, 0.3) is 0 Å². The SMILES string of the molecule is CCCCOc1ccc(C(=O)N2CCN(c3cccc(OC)c3)CC2)cc1OCC. The lowest BCUT2D eigenvalue weighted by atomic mass is 10.1. The lowest BCUT2D eigenvalue weighted by Crippen LogP contribution is -2.48. The number of hydrogen-bond donors (Lipinski definition) is 0. The van der Waals surface area contributed by atoms with Crippen LogP contribution in [0.5, 0.6) is 17.2 Å². The zero-order valence-electron chi connectivity index (χ0n) is 18.2. The number of unbranched alkanes of at least 4 members (excludes halogenated alkanes) is 1. The average Bonchev–Trinajstić information content (AvgIpc) is 2.80. The number of rotatable bonds is 9. The summed E-state index contributed by atoms with van der Waals surface area (Å²) in [5.74, 6) is 2.20. The van der Waals surface area contributed by atoms with E-state index < -0.39 is 0 Å². The molecule has 2 aromatic rings. The normalized spacial score (nSPS) is 13.8. The molecule has 0 aliphatic carbocycles. The molecule has 0 unspecified atom stereocenters. The molecule has 0 bridgehead atoms. The third kappa shape index (κ3) is 5.38. The molecule has 0 aromatic heterocycles. The molecule has 1 amide bonds. The molecule has 2 aromatic carbocycles. The Hall–Kier alpha value is -2.89. The molecule has 162 valence electrons. The number of anilines is 1. The van der Waals surface area contributed by atoms with Gasteiger partial charge in [-0.2, -0.15) is 0 Å². The van der Waals surface area contributed by atoms with Gasteiger partial charge in [-0.1, -0.05) is 19.4 Å². The number of hydrogen-bond acceptors (Lipinski definition) is 5. The van der Waals surface area contributed by atoms with E-state index in [1.54, 1.807) is 7.11 Å². The standard InChI is InChI=1S/C24H32N2O4/c1-4-6-16-30-22-11-10-19(17-23(22)29-5-2)24(27)26-14-12-25(13-15-26)20-8-7-9-21(18-20)28-3/h7-11,17-18H,4-6,12-16H2,1-3H3. The smallest absolute Gasteiger partial charge is 0.254 e. The summed E-state index contributed by atoms with van der Waals surface area (Å²) in [5.41, 5.74) is 1.75. The average molecular weight is 413 g/mol. The van der Waals surface area contributed by atoms with Crippen LogP contribution in [-0.2, 0) is 0 Å². The molecule has 0 radical (unpaired) electrons. The van der Waals surface area contributed by atoms with Crippen molar-refractivity contribution < 1.29 is 19.0 Å². The quantitative estimate of drug-likeness (QED) is 0.577. The Balaban J connectivity index is 1.64. The minimum absolute atomic E-state index is 0.0290. The van der Waals surface area contributed by atoms with Gasteiger partial charge in [0.05, 0.1) is 20.3 Å². The predicted octanol–water partition coefficient (Wildman–Crippen LogP) is 4.24. The van der Waals surface area contributed by atoms with Crippen molar-refractivity contribution in [3.05, 3.63) is 48.0 Å². The summed E-state index contributed by atoms with van der Waals surface area (Å²) in [4.78, 5) is 17.2. The zero-order valence-corrected chi connectivity index (χ0v) is 18.2. The van der Waals surface area contributed by atoms with Gasteiger partial charge in [-0.05, 0) is 43.7 Å². The van der Waals surface area contributed by atoms with Crippen molar-refractivity contribution in [2.75, 3.05) is 51.4 Å². The largest absolute Gasteiger partial charge is 0.497 e. The fraction of sp³-hybridized carbons (Fsp3) is 0.458. The Morgan fingerprint density at radius 2 is 1.77 bits per heavy atom. The van der Waals surface area contributed by atoms with Gasteiger partial charge in [0.2, 0.25) is 0 Å². The van der Waals surface area contributed by atoms with Crippen LogP contribution in [0.4, 0.5) is 5.69 Å². The predicted molar refractivity (Wildman–Crippen MR) is 119 cm³/mol. The molecule has 1 saturated heterocycles. The molecule has 1 fully saturated rings. The van der Waals surface area contributed by atoms with Crippen LogP contribution in [0.1, 0.15) is 37.0 Å². The Labute approximate surface area is 179 Å². The maximum atomic E-state index is 13.1. The molecule has 1 heterocycles. The van der Waals surface area contributed by atoms with Gasteiger partial charge in [-0.3, -0.25) is 4.79 Å². The molecule has 0 saturated carbocycles. The van der Waals surface area contributed by atoms with Crippen molar-refractivity contribution in [1.82, 2.24) is 4.90 Å². The topological polar surface area (TPSA) is 51.2 Å². The number of piperazine rings is 1. The molecule has 0 N–H and O–H groups in total. The van der Waals surface area contributed by atoms with Gasteiger partial charge in [-0.15, -0.1) is 0 Å². The van der Waals surface area contributed by atoms with Crippen molar-refractivity contribution in [3.8, 4) is 17.2 Å². The summed E-state index contributed by atoms with van der Waals surface area (Å²) in [6.45, 7) is 8.16. The minimum atomic E-state index is 0.0290. The summed E-state index contributed by atoms with van der Waals surface area (Å²) < 4.78 is 16.9. The summed E-state index contributed by atoms with van der Waals surface area (Å²) in [6, 6.07) is 13.5. The second kappa shape index (κ2) is 10.8. The number of nitrogens with zero attached hydrogens (tertiary/aromatic N) is 2. The zero-order chi connectivity index (χ0) is 21.3. The molecular formula is C24H32N2O4. The van der Waals surface area contributed by atoms with Gasteiger partial charge in [0.15, 0.2) is 11.5 Å². The van der Waals surface area contributed by atoms with Gasteiger partial charge in [0, 0.05) is 43.5 Å². The van der Waals surface area contributed by atoms with Gasteiger partial charge in [0.1, 0.15) is 5.75 Å². The van der Waals surface area contributed by atoms with E-state index >= 15 is 0 Å². The summed E-state index contributed by atoms with van der Waals surface area (Å²) in [5, 5.41) is 0. The van der Waals surface area contributed by atoms with E-state index in [1.165, 1.54) is 0 Å². The van der Waals surface area contributed by atoms with E-state index in [2.05, 4.69) is 17.9 Å². The van der Waals surface area contributed by atoms with Crippen LogP contribution < -0.4 is 19.1 Å². The number of amides is 1. The van der Waals surface area contributed by atoms with Crippen LogP contribution in [0.2, 0.25) is 0 Å². The third-order valence-corrected chi connectivity index (χ3v) is 5.23. The third-order valence-electron chi connectivity index (χ3n) is 5.23. The number of ether oxygens (including phenoxy) is 3. The van der Waals surface area contributed by atoms with Crippen LogP contribution in [0.3, 0.4) is 0 Å². The highest BCUT2D eigenvalue weighted by atomic mass is 16.5. The van der Waals surface area contributed by atoms with Crippen LogP contribution >= 0.6 is 0 Å². The van der Waals surface area contributed by atoms with Crippen LogP contribution in [0, 0.1) is 0 Å². The van der Waals surface area contributed by atoms with Crippen LogP contribution in [-0.4, -0.2) is 57.3 Å². The Morgan fingerprint density at radius 3 is 2.47 bits per heavy atom. The minimum Gasteiger partial charge on any atom is -0.497 e. The van der Waals surface area contributed by atoms with Crippen molar-refractivity contribution in [2.24, 2.45) is 0 Å². The first kappa shape index (κ1) is 21.8. The Kier molecular flexibility index (Phi) is 7.82. The van der Waals surface area contributed by atoms with Crippen LogP contribution in [0.15, 0.2) is 42.5 Å². The van der Waals surface area contributed by atoms with Gasteiger partial charge < -0.3 is 24.0 Å². The molecule has 3 rings (SSSR count). The van der Waals surface area contributed by atoms with Crippen molar-refractivity contribution >= 4 is 11.6 Å². The second-order valence-electron chi connectivity index (χ2n) is 7.28. The molecule has 6 heteroatoms. The van der Waals surface area contributed by atoms with E-state index in [0.717, 1.165) is 37.4 Å². The number of carbonyl (C=O) groups excluding carboxylic acids is 1. The van der Waals surface area contributed by atoms with Gasteiger partial charge >= 0.3 is 0 Å². The Morgan fingerprint density at radius 1 is 0.967 bits per heavy atom. The molecule has 0 spiro atoms. The summed E-state index contributed by atoms with van der Waals surface area (Å²) >= 11 is 0. The number of benzene rings is 2. The molecule has 0 atom stereocenters. The van der Waals surface area contributed by atoms with Gasteiger partial charge in [-0.25, -0.2) is 0 Å². The highest BCUT2D eigenvalue weighted by molar-refractivity contribution is 5.95. The Bertz CT molecular complexity index is 832. The van der Waals surface area contributed by atoms with E-state index in [-0.39, 0.29) is 5.91 Å². The monoisotopic (exact) mass is 412 g/mol. The van der Waals surface area contributed by atoms with Gasteiger partial charge in [0.25, 0.3) is 5.91 Å². The highest BCUT2D eigenvalue weighted by Gasteiger charge is 2.23. The van der Waals surface area contributed by atoms with E-state index in [1.807, 2.05) is 48.2 Å². The van der Waals surface area contributed by atoms with E-state index in [0.29, 0.717) is 43.4 Å². The number of carbonyl (C=O) groups is 1. The van der Waals surface area contributed by atoms with E-state index in [9.17, 15) is 4.79 Å². The lowest BCUT2D eigenvalue weighted by molar-refractivity contribution is 0.0746. The summed E-state index contributed by atoms with van der Waals surface area (Å²) in [7, 11) is 1.67. The fourth-order valence-electron chi connectivity index (χ4n) is 3.51. The second-order valence-corrected chi connectivity index (χ2v) is 7.28. The van der Waals surface area contributed by atoms with E-state index in [4.69, 9.17) is 14.2 Å². The lowest BCUT2D eigenvalue weighted by Gasteiger charge is -2.36.